The fraction of sp³-hybridized carbons (Fsp3) is 0.952. The largest absolute Gasteiger partial charge is 0.463 e. The van der Waals surface area contributed by atoms with Gasteiger partial charge in [0.05, 0.1) is 5.60 Å². The predicted molar refractivity (Wildman–Crippen MR) is 93.5 cm³/mol. The molecule has 24 heavy (non-hydrogen) atoms. The first-order valence-corrected chi connectivity index (χ1v) is 10.2. The molecule has 0 bridgehead atoms. The molecule has 0 aromatic heterocycles. The monoisotopic (exact) mass is 334 g/mol. The van der Waals surface area contributed by atoms with Gasteiger partial charge in [0.2, 0.25) is 0 Å². The summed E-state index contributed by atoms with van der Waals surface area (Å²) in [5, 5.41) is 0. The highest BCUT2D eigenvalue weighted by atomic mass is 16.5. The molecule has 3 saturated carbocycles. The summed E-state index contributed by atoms with van der Waals surface area (Å²) in [5.41, 5.74) is 0.607. The Hall–Kier alpha value is -0.570. The molecule has 4 aliphatic rings. The molecule has 0 aromatic carbocycles. The third-order valence-electron chi connectivity index (χ3n) is 8.37. The third-order valence-corrected chi connectivity index (χ3v) is 8.37. The number of fused-ring (bicyclic) bond motifs is 5. The summed E-state index contributed by atoms with van der Waals surface area (Å²) in [6, 6.07) is 0. The maximum atomic E-state index is 11.3. The number of rotatable bonds is 1. The van der Waals surface area contributed by atoms with Crippen molar-refractivity contribution in [3.05, 3.63) is 0 Å². The van der Waals surface area contributed by atoms with Crippen LogP contribution in [0.25, 0.3) is 0 Å². The summed E-state index contributed by atoms with van der Waals surface area (Å²) in [6.45, 7) is 7.47. The molecule has 4 rings (SSSR count). The van der Waals surface area contributed by atoms with Crippen LogP contribution in [0.15, 0.2) is 0 Å². The van der Waals surface area contributed by atoms with Gasteiger partial charge < -0.3 is 9.47 Å². The van der Waals surface area contributed by atoms with Gasteiger partial charge in [0, 0.05) is 13.5 Å². The van der Waals surface area contributed by atoms with E-state index in [4.69, 9.17) is 9.47 Å². The molecule has 0 N–H and O–H groups in total. The molecule has 0 spiro atoms. The second-order valence-electron chi connectivity index (χ2n) is 9.50. The second-order valence-corrected chi connectivity index (χ2v) is 9.50. The molecule has 0 radical (unpaired) electrons. The van der Waals surface area contributed by atoms with Crippen LogP contribution in [0.3, 0.4) is 0 Å². The van der Waals surface area contributed by atoms with E-state index >= 15 is 0 Å². The van der Waals surface area contributed by atoms with Crippen molar-refractivity contribution in [2.45, 2.75) is 90.3 Å². The molecule has 3 heteroatoms. The van der Waals surface area contributed by atoms with Crippen LogP contribution in [0, 0.1) is 29.1 Å². The van der Waals surface area contributed by atoms with Gasteiger partial charge in [0.25, 0.3) is 0 Å². The Bertz CT molecular complexity index is 503. The number of ether oxygens (including phenoxy) is 2. The van der Waals surface area contributed by atoms with Crippen LogP contribution in [0.2, 0.25) is 0 Å². The fourth-order valence-electron chi connectivity index (χ4n) is 7.15. The van der Waals surface area contributed by atoms with Gasteiger partial charge in [0.1, 0.15) is 6.10 Å². The minimum absolute atomic E-state index is 0.106. The lowest BCUT2D eigenvalue weighted by atomic mass is 9.46. The molecule has 136 valence electrons. The molecule has 0 aromatic rings. The molecule has 3 nitrogen and oxygen atoms in total. The maximum absolute atomic E-state index is 11.3. The predicted octanol–water partition coefficient (Wildman–Crippen LogP) is 4.73. The number of carbonyl (C=O) groups is 1. The van der Waals surface area contributed by atoms with Crippen molar-refractivity contribution in [2.75, 3.05) is 6.61 Å². The van der Waals surface area contributed by atoms with Crippen LogP contribution in [0.5, 0.6) is 0 Å². The molecule has 4 fully saturated rings. The van der Waals surface area contributed by atoms with Crippen LogP contribution < -0.4 is 0 Å². The fourth-order valence-corrected chi connectivity index (χ4v) is 7.15. The van der Waals surface area contributed by atoms with Crippen molar-refractivity contribution in [1.82, 2.24) is 0 Å². The molecular formula is C21H34O3. The molecular weight excluding hydrogens is 300 g/mol. The van der Waals surface area contributed by atoms with E-state index in [0.29, 0.717) is 5.41 Å². The van der Waals surface area contributed by atoms with Gasteiger partial charge in [-0.15, -0.1) is 0 Å². The summed E-state index contributed by atoms with van der Waals surface area (Å²) >= 11 is 0. The van der Waals surface area contributed by atoms with Crippen LogP contribution >= 0.6 is 0 Å². The first-order chi connectivity index (χ1) is 11.4. The maximum Gasteiger partial charge on any atom is 0.302 e. The molecule has 3 aliphatic carbocycles. The van der Waals surface area contributed by atoms with Crippen LogP contribution in [0.4, 0.5) is 0 Å². The number of esters is 1. The van der Waals surface area contributed by atoms with Gasteiger partial charge in [-0.2, -0.15) is 0 Å². The Morgan fingerprint density at radius 2 is 1.88 bits per heavy atom. The Morgan fingerprint density at radius 3 is 2.67 bits per heavy atom. The first-order valence-electron chi connectivity index (χ1n) is 10.2. The Balaban J connectivity index is 1.52. The molecule has 7 atom stereocenters. The van der Waals surface area contributed by atoms with E-state index in [2.05, 4.69) is 13.8 Å². The summed E-state index contributed by atoms with van der Waals surface area (Å²) < 4.78 is 11.9. The Morgan fingerprint density at radius 1 is 1.04 bits per heavy atom. The zero-order valence-corrected chi connectivity index (χ0v) is 15.7. The van der Waals surface area contributed by atoms with E-state index in [0.717, 1.165) is 43.1 Å². The van der Waals surface area contributed by atoms with Crippen molar-refractivity contribution in [2.24, 2.45) is 29.1 Å². The lowest BCUT2D eigenvalue weighted by Crippen LogP contribution is -2.58. The van der Waals surface area contributed by atoms with Gasteiger partial charge in [0.15, 0.2) is 0 Å². The number of hydrogen-bond donors (Lipinski definition) is 0. The second kappa shape index (κ2) is 6.00. The van der Waals surface area contributed by atoms with E-state index in [1.807, 2.05) is 0 Å². The van der Waals surface area contributed by atoms with Gasteiger partial charge in [-0.1, -0.05) is 6.92 Å². The van der Waals surface area contributed by atoms with E-state index in [9.17, 15) is 4.79 Å². The quantitative estimate of drug-likeness (QED) is 0.650. The number of carbonyl (C=O) groups excluding carboxylic acids is 1. The molecule has 1 aliphatic heterocycles. The van der Waals surface area contributed by atoms with E-state index in [1.54, 1.807) is 6.92 Å². The molecule has 1 saturated heterocycles. The van der Waals surface area contributed by atoms with E-state index < -0.39 is 0 Å². The molecule has 1 heterocycles. The van der Waals surface area contributed by atoms with Crippen molar-refractivity contribution in [3.8, 4) is 0 Å². The highest BCUT2D eigenvalue weighted by molar-refractivity contribution is 5.66. The van der Waals surface area contributed by atoms with Crippen molar-refractivity contribution >= 4 is 5.97 Å². The molecule has 0 amide bonds. The lowest BCUT2D eigenvalue weighted by Gasteiger charge is -2.62. The summed E-state index contributed by atoms with van der Waals surface area (Å²) in [4.78, 5) is 11.3. The summed E-state index contributed by atoms with van der Waals surface area (Å²) in [5.74, 6) is 3.12. The highest BCUT2D eigenvalue weighted by Crippen LogP contribution is 2.63. The summed E-state index contributed by atoms with van der Waals surface area (Å²) in [6.07, 6.45) is 11.4. The van der Waals surface area contributed by atoms with Gasteiger partial charge >= 0.3 is 5.97 Å². The standard InChI is InChI=1S/C21H34O3/c1-14(22)24-16-8-10-20(2)15(13-16)6-7-17-18(20)9-11-21(3)19(17)5-4-12-23-21/h15-19H,4-13H2,1-3H3. The van der Waals surface area contributed by atoms with Gasteiger partial charge in [-0.3, -0.25) is 4.79 Å². The van der Waals surface area contributed by atoms with Crippen molar-refractivity contribution in [3.63, 3.8) is 0 Å². The zero-order chi connectivity index (χ0) is 16.9. The van der Waals surface area contributed by atoms with Gasteiger partial charge in [-0.25, -0.2) is 0 Å². The third kappa shape index (κ3) is 2.62. The number of hydrogen-bond acceptors (Lipinski definition) is 3. The topological polar surface area (TPSA) is 35.5 Å². The van der Waals surface area contributed by atoms with Crippen molar-refractivity contribution in [1.29, 1.82) is 0 Å². The zero-order valence-electron chi connectivity index (χ0n) is 15.7. The average Bonchev–Trinajstić information content (AvgIpc) is 2.54. The minimum Gasteiger partial charge on any atom is -0.463 e. The van der Waals surface area contributed by atoms with Crippen LogP contribution in [-0.4, -0.2) is 24.3 Å². The van der Waals surface area contributed by atoms with E-state index in [1.165, 1.54) is 44.9 Å². The Labute approximate surface area is 146 Å². The van der Waals surface area contributed by atoms with Crippen molar-refractivity contribution < 1.29 is 14.3 Å². The first kappa shape index (κ1) is 16.9. The smallest absolute Gasteiger partial charge is 0.302 e. The molecule has 7 unspecified atom stereocenters. The average molecular weight is 335 g/mol. The highest BCUT2D eigenvalue weighted by Gasteiger charge is 2.58. The van der Waals surface area contributed by atoms with E-state index in [-0.39, 0.29) is 17.7 Å². The normalized spacial score (nSPS) is 51.0. The van der Waals surface area contributed by atoms with Crippen LogP contribution in [0.1, 0.15) is 78.6 Å². The summed E-state index contributed by atoms with van der Waals surface area (Å²) in [7, 11) is 0. The van der Waals surface area contributed by atoms with Crippen LogP contribution in [-0.2, 0) is 14.3 Å². The SMILES string of the molecule is CC(=O)OC1CCC2(C)C(CCC3C4CCCOC4(C)CCC32)C1. The Kier molecular flexibility index (Phi) is 4.22. The lowest BCUT2D eigenvalue weighted by molar-refractivity contribution is -0.198. The van der Waals surface area contributed by atoms with Gasteiger partial charge in [-0.05, 0) is 93.8 Å². The minimum atomic E-state index is -0.106.